The van der Waals surface area contributed by atoms with Gasteiger partial charge in [0.1, 0.15) is 0 Å². The molecule has 0 saturated heterocycles. The third-order valence-corrected chi connectivity index (χ3v) is 3.79. The third kappa shape index (κ3) is 1.96. The Morgan fingerprint density at radius 1 is 1.06 bits per heavy atom. The second kappa shape index (κ2) is 4.61. The molecule has 0 spiro atoms. The van der Waals surface area contributed by atoms with Crippen molar-refractivity contribution in [3.05, 3.63) is 63.2 Å². The van der Waals surface area contributed by atoms with Crippen molar-refractivity contribution >= 4 is 34.2 Å². The minimum atomic E-state index is -0.399. The molecule has 0 saturated carbocycles. The molecule has 0 aromatic heterocycles. The average Bonchev–Trinajstić information content (AvgIpc) is 2.70. The maximum Gasteiger partial charge on any atom is 0.340 e. The first-order chi connectivity index (χ1) is 8.75. The van der Waals surface area contributed by atoms with Crippen LogP contribution in [0.25, 0.3) is 0 Å². The molecule has 1 aliphatic heterocycles. The average molecular weight is 351 g/mol. The van der Waals surface area contributed by atoms with Crippen LogP contribution in [-0.4, -0.2) is 5.97 Å². The van der Waals surface area contributed by atoms with Gasteiger partial charge < -0.3 is 10.1 Å². The number of anilines is 1. The molecule has 1 aliphatic rings. The van der Waals surface area contributed by atoms with Gasteiger partial charge in [-0.15, -0.1) is 0 Å². The molecule has 0 aliphatic carbocycles. The van der Waals surface area contributed by atoms with Gasteiger partial charge in [0, 0.05) is 9.13 Å². The van der Waals surface area contributed by atoms with Gasteiger partial charge in [0.15, 0.2) is 0 Å². The molecule has 0 amide bonds. The highest BCUT2D eigenvalue weighted by molar-refractivity contribution is 14.1. The van der Waals surface area contributed by atoms with Gasteiger partial charge in [-0.2, -0.15) is 0 Å². The van der Waals surface area contributed by atoms with Crippen molar-refractivity contribution in [3.63, 3.8) is 0 Å². The van der Waals surface area contributed by atoms with Crippen molar-refractivity contribution < 1.29 is 9.53 Å². The van der Waals surface area contributed by atoms with Gasteiger partial charge in [-0.05, 0) is 40.8 Å². The zero-order valence-electron chi connectivity index (χ0n) is 9.39. The highest BCUT2D eigenvalue weighted by atomic mass is 127. The molecular weight excluding hydrogens is 341 g/mol. The summed E-state index contributed by atoms with van der Waals surface area (Å²) in [6.07, 6.45) is -0.399. The van der Waals surface area contributed by atoms with Crippen molar-refractivity contribution in [2.75, 3.05) is 5.32 Å². The summed E-state index contributed by atoms with van der Waals surface area (Å²) >= 11 is 2.25. The Bertz CT molecular complexity index is 612. The fraction of sp³-hybridized carbons (Fsp3) is 0.0714. The van der Waals surface area contributed by atoms with Gasteiger partial charge in [-0.3, -0.25) is 0 Å². The summed E-state index contributed by atoms with van der Waals surface area (Å²) in [6.45, 7) is 0. The Balaban J connectivity index is 1.92. The number of ether oxygens (including phenoxy) is 1. The van der Waals surface area contributed by atoms with Crippen molar-refractivity contribution in [1.29, 1.82) is 0 Å². The summed E-state index contributed by atoms with van der Waals surface area (Å²) in [4.78, 5) is 11.7. The number of hydrogen-bond donors (Lipinski definition) is 1. The molecule has 0 bridgehead atoms. The topological polar surface area (TPSA) is 38.3 Å². The highest BCUT2D eigenvalue weighted by Crippen LogP contribution is 2.32. The quantitative estimate of drug-likeness (QED) is 0.664. The predicted molar refractivity (Wildman–Crippen MR) is 77.4 cm³/mol. The van der Waals surface area contributed by atoms with Crippen LogP contribution in [0.5, 0.6) is 0 Å². The zero-order chi connectivity index (χ0) is 12.5. The van der Waals surface area contributed by atoms with E-state index < -0.39 is 6.23 Å². The van der Waals surface area contributed by atoms with E-state index in [-0.39, 0.29) is 5.97 Å². The van der Waals surface area contributed by atoms with Crippen molar-refractivity contribution in [2.24, 2.45) is 0 Å². The first kappa shape index (κ1) is 11.5. The molecule has 18 heavy (non-hydrogen) atoms. The molecule has 3 rings (SSSR count). The van der Waals surface area contributed by atoms with Gasteiger partial charge in [0.25, 0.3) is 0 Å². The molecule has 2 aromatic carbocycles. The number of carbonyl (C=O) groups is 1. The van der Waals surface area contributed by atoms with Crippen LogP contribution < -0.4 is 5.32 Å². The van der Waals surface area contributed by atoms with Gasteiger partial charge in [0.05, 0.1) is 11.3 Å². The molecule has 0 unspecified atom stereocenters. The Morgan fingerprint density at radius 2 is 1.78 bits per heavy atom. The molecule has 1 atom stereocenters. The highest BCUT2D eigenvalue weighted by Gasteiger charge is 2.30. The van der Waals surface area contributed by atoms with Crippen LogP contribution >= 0.6 is 22.6 Å². The fourth-order valence-corrected chi connectivity index (χ4v) is 2.52. The first-order valence-corrected chi connectivity index (χ1v) is 6.64. The van der Waals surface area contributed by atoms with Crippen molar-refractivity contribution in [3.8, 4) is 0 Å². The summed E-state index contributed by atoms with van der Waals surface area (Å²) in [5, 5.41) is 3.25. The first-order valence-electron chi connectivity index (χ1n) is 5.56. The lowest BCUT2D eigenvalue weighted by atomic mass is 10.1. The lowest BCUT2D eigenvalue weighted by Crippen LogP contribution is -2.11. The molecule has 4 heteroatoms. The summed E-state index contributed by atoms with van der Waals surface area (Å²) in [6, 6.07) is 15.3. The van der Waals surface area contributed by atoms with Crippen LogP contribution in [0.4, 0.5) is 5.69 Å². The number of para-hydroxylation sites is 1. The van der Waals surface area contributed by atoms with Gasteiger partial charge in [0.2, 0.25) is 6.23 Å². The smallest absolute Gasteiger partial charge is 0.340 e. The van der Waals surface area contributed by atoms with E-state index in [1.54, 1.807) is 6.07 Å². The van der Waals surface area contributed by atoms with Crippen LogP contribution in [-0.2, 0) is 4.74 Å². The zero-order valence-corrected chi connectivity index (χ0v) is 11.5. The number of benzene rings is 2. The lowest BCUT2D eigenvalue weighted by Gasteiger charge is -2.15. The second-order valence-corrected chi connectivity index (χ2v) is 5.16. The Kier molecular flexibility index (Phi) is 2.95. The largest absolute Gasteiger partial charge is 0.434 e. The number of cyclic esters (lactones) is 1. The minimum Gasteiger partial charge on any atom is -0.434 e. The van der Waals surface area contributed by atoms with E-state index in [0.29, 0.717) is 5.56 Å². The molecule has 0 radical (unpaired) electrons. The number of halogens is 1. The Hall–Kier alpha value is -1.56. The van der Waals surface area contributed by atoms with E-state index in [2.05, 4.69) is 27.9 Å². The van der Waals surface area contributed by atoms with Crippen molar-refractivity contribution in [2.45, 2.75) is 6.23 Å². The molecule has 2 aromatic rings. The number of hydrogen-bond acceptors (Lipinski definition) is 3. The van der Waals surface area contributed by atoms with Crippen LogP contribution in [0, 0.1) is 3.57 Å². The van der Waals surface area contributed by atoms with Crippen molar-refractivity contribution in [1.82, 2.24) is 0 Å². The maximum absolute atomic E-state index is 11.7. The number of nitrogens with one attached hydrogen (secondary N) is 1. The number of fused-ring (bicyclic) bond motifs is 1. The van der Waals surface area contributed by atoms with E-state index in [1.165, 1.54) is 0 Å². The van der Waals surface area contributed by atoms with E-state index in [1.807, 2.05) is 42.5 Å². The molecule has 0 fully saturated rings. The standard InChI is InChI=1S/C14H10INO2/c15-11-7-3-4-8-12(11)16-13-9-5-1-2-6-10(9)14(17)18-13/h1-8,13,16H/t13-/m0/s1. The van der Waals surface area contributed by atoms with Crippen LogP contribution in [0.3, 0.4) is 0 Å². The van der Waals surface area contributed by atoms with Crippen LogP contribution in [0.15, 0.2) is 48.5 Å². The predicted octanol–water partition coefficient (Wildman–Crippen LogP) is 3.57. The number of carbonyl (C=O) groups excluding carboxylic acids is 1. The maximum atomic E-state index is 11.7. The summed E-state index contributed by atoms with van der Waals surface area (Å²) < 4.78 is 6.43. The SMILES string of the molecule is O=C1O[C@H](Nc2ccccc2I)c2ccccc21. The van der Waals surface area contributed by atoms with Gasteiger partial charge in [-0.1, -0.05) is 30.3 Å². The Morgan fingerprint density at radius 3 is 2.61 bits per heavy atom. The molecule has 1 N–H and O–H groups in total. The summed E-state index contributed by atoms with van der Waals surface area (Å²) in [5.41, 5.74) is 2.50. The van der Waals surface area contributed by atoms with E-state index in [9.17, 15) is 4.79 Å². The molecule has 1 heterocycles. The summed E-state index contributed by atoms with van der Waals surface area (Å²) in [5.74, 6) is -0.269. The normalized spacial score (nSPS) is 17.2. The van der Waals surface area contributed by atoms with Crippen LogP contribution in [0.1, 0.15) is 22.1 Å². The molecule has 3 nitrogen and oxygen atoms in total. The van der Waals surface area contributed by atoms with E-state index in [0.717, 1.165) is 14.8 Å². The number of esters is 1. The Labute approximate surface area is 118 Å². The van der Waals surface area contributed by atoms with Gasteiger partial charge in [-0.25, -0.2) is 4.79 Å². The lowest BCUT2D eigenvalue weighted by molar-refractivity contribution is 0.0437. The summed E-state index contributed by atoms with van der Waals surface area (Å²) in [7, 11) is 0. The molecule has 90 valence electrons. The number of rotatable bonds is 2. The minimum absolute atomic E-state index is 0.269. The third-order valence-electron chi connectivity index (χ3n) is 2.85. The van der Waals surface area contributed by atoms with Gasteiger partial charge >= 0.3 is 5.97 Å². The molecular formula is C14H10INO2. The van der Waals surface area contributed by atoms with E-state index in [4.69, 9.17) is 4.74 Å². The fourth-order valence-electron chi connectivity index (χ4n) is 1.97. The van der Waals surface area contributed by atoms with E-state index >= 15 is 0 Å². The monoisotopic (exact) mass is 351 g/mol. The second-order valence-electron chi connectivity index (χ2n) is 4.00. The van der Waals surface area contributed by atoms with Crippen LogP contribution in [0.2, 0.25) is 0 Å².